The molecule has 0 aliphatic rings. The zero-order valence-electron chi connectivity index (χ0n) is 12.1. The first-order chi connectivity index (χ1) is 9.17. The van der Waals surface area contributed by atoms with Gasteiger partial charge in [-0.25, -0.2) is 0 Å². The van der Waals surface area contributed by atoms with Crippen molar-refractivity contribution in [1.29, 1.82) is 0 Å². The van der Waals surface area contributed by atoms with Crippen LogP contribution in [0, 0.1) is 0 Å². The van der Waals surface area contributed by atoms with Crippen LogP contribution in [0.15, 0.2) is 24.3 Å². The van der Waals surface area contributed by atoms with Crippen molar-refractivity contribution in [3.05, 3.63) is 35.4 Å². The van der Waals surface area contributed by atoms with Crippen LogP contribution in [-0.4, -0.2) is 28.7 Å². The van der Waals surface area contributed by atoms with Crippen molar-refractivity contribution in [3.8, 4) is 0 Å². The van der Waals surface area contributed by atoms with E-state index in [0.717, 1.165) is 11.1 Å². The van der Waals surface area contributed by atoms with Crippen LogP contribution in [0.2, 0.25) is 0 Å². The molecule has 5 heteroatoms. The van der Waals surface area contributed by atoms with Crippen molar-refractivity contribution in [1.82, 2.24) is 0 Å². The second-order valence-corrected chi connectivity index (χ2v) is 5.73. The van der Waals surface area contributed by atoms with Crippen LogP contribution in [0.3, 0.4) is 0 Å². The number of rotatable bonds is 5. The molecule has 0 unspecified atom stereocenters. The highest BCUT2D eigenvalue weighted by Gasteiger charge is 2.16. The molecule has 110 valence electrons. The van der Waals surface area contributed by atoms with Gasteiger partial charge in [0.15, 0.2) is 0 Å². The fourth-order valence-corrected chi connectivity index (χ4v) is 1.68. The molecule has 1 atom stereocenters. The molecule has 3 N–H and O–H groups in total. The minimum absolute atomic E-state index is 0.197. The molecule has 0 amide bonds. The van der Waals surface area contributed by atoms with Crippen LogP contribution in [0.25, 0.3) is 0 Å². The van der Waals surface area contributed by atoms with Crippen LogP contribution >= 0.6 is 0 Å². The predicted molar refractivity (Wildman–Crippen MR) is 75.3 cm³/mol. The summed E-state index contributed by atoms with van der Waals surface area (Å²) in [4.78, 5) is 22.3. The van der Waals surface area contributed by atoms with Gasteiger partial charge in [0.25, 0.3) is 0 Å². The Labute approximate surface area is 118 Å². The zero-order chi connectivity index (χ0) is 15.3. The summed E-state index contributed by atoms with van der Waals surface area (Å²) in [6, 6.07) is 6.22. The number of hydrogen-bond donors (Lipinski definition) is 2. The van der Waals surface area contributed by atoms with Crippen molar-refractivity contribution in [2.75, 3.05) is 0 Å². The van der Waals surface area contributed by atoms with Gasteiger partial charge in [-0.05, 0) is 38.3 Å². The summed E-state index contributed by atoms with van der Waals surface area (Å²) < 4.78 is 5.23. The first-order valence-electron chi connectivity index (χ1n) is 6.45. The van der Waals surface area contributed by atoms with Crippen molar-refractivity contribution in [3.63, 3.8) is 0 Å². The number of nitrogens with two attached hydrogens (primary N) is 1. The molecular formula is C15H21NO4. The Bertz CT molecular complexity index is 474. The Kier molecular flexibility index (Phi) is 5.27. The predicted octanol–water partition coefficient (Wildman–Crippen LogP) is 1.53. The summed E-state index contributed by atoms with van der Waals surface area (Å²) in [5.41, 5.74) is 6.62. The van der Waals surface area contributed by atoms with Crippen LogP contribution < -0.4 is 5.73 Å². The quantitative estimate of drug-likeness (QED) is 0.798. The van der Waals surface area contributed by atoms with E-state index in [-0.39, 0.29) is 18.8 Å². The molecule has 0 aromatic heterocycles. The summed E-state index contributed by atoms with van der Waals surface area (Å²) in [7, 11) is 0. The lowest BCUT2D eigenvalue weighted by Crippen LogP contribution is -2.32. The maximum atomic E-state index is 11.7. The van der Waals surface area contributed by atoms with Gasteiger partial charge in [-0.1, -0.05) is 24.3 Å². The molecule has 0 aliphatic heterocycles. The smallest absolute Gasteiger partial charge is 0.320 e. The molecule has 1 aromatic rings. The molecule has 5 nitrogen and oxygen atoms in total. The number of hydrogen-bond acceptors (Lipinski definition) is 4. The minimum atomic E-state index is -1.03. The Morgan fingerprint density at radius 2 is 1.70 bits per heavy atom. The number of ether oxygens (including phenoxy) is 1. The van der Waals surface area contributed by atoms with E-state index >= 15 is 0 Å². The molecule has 0 saturated carbocycles. The fourth-order valence-electron chi connectivity index (χ4n) is 1.68. The van der Waals surface area contributed by atoms with Crippen molar-refractivity contribution in [2.45, 2.75) is 45.3 Å². The Morgan fingerprint density at radius 3 is 2.15 bits per heavy atom. The maximum Gasteiger partial charge on any atom is 0.320 e. The summed E-state index contributed by atoms with van der Waals surface area (Å²) >= 11 is 0. The molecule has 0 fully saturated rings. The van der Waals surface area contributed by atoms with Gasteiger partial charge in [0.2, 0.25) is 0 Å². The lowest BCUT2D eigenvalue weighted by atomic mass is 10.0. The van der Waals surface area contributed by atoms with Gasteiger partial charge < -0.3 is 15.6 Å². The van der Waals surface area contributed by atoms with Gasteiger partial charge in [-0.3, -0.25) is 9.59 Å². The maximum absolute atomic E-state index is 11.7. The molecule has 1 rings (SSSR count). The number of esters is 1. The van der Waals surface area contributed by atoms with Crippen LogP contribution in [0.4, 0.5) is 0 Å². The molecule has 0 aliphatic carbocycles. The van der Waals surface area contributed by atoms with E-state index in [0.29, 0.717) is 0 Å². The van der Waals surface area contributed by atoms with Gasteiger partial charge in [0.1, 0.15) is 11.6 Å². The molecule has 20 heavy (non-hydrogen) atoms. The van der Waals surface area contributed by atoms with Crippen molar-refractivity contribution in [2.24, 2.45) is 5.73 Å². The number of carboxylic acids is 1. The minimum Gasteiger partial charge on any atom is -0.480 e. The number of carbonyl (C=O) groups excluding carboxylic acids is 1. The summed E-state index contributed by atoms with van der Waals surface area (Å²) in [5.74, 6) is -1.31. The second kappa shape index (κ2) is 6.52. The Hall–Kier alpha value is -1.88. The Morgan fingerprint density at radius 1 is 1.20 bits per heavy atom. The van der Waals surface area contributed by atoms with Crippen LogP contribution in [-0.2, 0) is 27.2 Å². The molecular weight excluding hydrogens is 258 g/mol. The second-order valence-electron chi connectivity index (χ2n) is 5.73. The third-order valence-corrected chi connectivity index (χ3v) is 2.56. The van der Waals surface area contributed by atoms with Crippen molar-refractivity contribution >= 4 is 11.9 Å². The summed E-state index contributed by atoms with van der Waals surface area (Å²) in [6.45, 7) is 5.46. The molecule has 1 aromatic carbocycles. The largest absolute Gasteiger partial charge is 0.480 e. The van der Waals surface area contributed by atoms with Gasteiger partial charge in [0.05, 0.1) is 6.42 Å². The summed E-state index contributed by atoms with van der Waals surface area (Å²) in [5, 5.41) is 8.74. The fraction of sp³-hybridized carbons (Fsp3) is 0.467. The SMILES string of the molecule is CC(C)(C)OC(=O)Cc1ccc(C[C@H](N)C(=O)O)cc1. The van der Waals surface area contributed by atoms with E-state index in [2.05, 4.69) is 0 Å². The number of benzene rings is 1. The standard InChI is InChI=1S/C15H21NO4/c1-15(2,3)20-13(17)9-11-6-4-10(5-7-11)8-12(16)14(18)19/h4-7,12H,8-9,16H2,1-3H3,(H,18,19)/t12-/m0/s1. The average molecular weight is 279 g/mol. The normalized spacial score (nSPS) is 12.8. The van der Waals surface area contributed by atoms with E-state index in [1.807, 2.05) is 20.8 Å². The first kappa shape index (κ1) is 16.2. The first-order valence-corrected chi connectivity index (χ1v) is 6.45. The van der Waals surface area contributed by atoms with E-state index in [4.69, 9.17) is 15.6 Å². The third-order valence-electron chi connectivity index (χ3n) is 2.56. The number of aliphatic carboxylic acids is 1. The van der Waals surface area contributed by atoms with Gasteiger partial charge >= 0.3 is 11.9 Å². The van der Waals surface area contributed by atoms with E-state index in [9.17, 15) is 9.59 Å². The lowest BCUT2D eigenvalue weighted by Gasteiger charge is -2.19. The highest BCUT2D eigenvalue weighted by atomic mass is 16.6. The molecule has 0 bridgehead atoms. The van der Waals surface area contributed by atoms with E-state index in [1.54, 1.807) is 24.3 Å². The van der Waals surface area contributed by atoms with Gasteiger partial charge in [-0.15, -0.1) is 0 Å². The van der Waals surface area contributed by atoms with Crippen LogP contribution in [0.1, 0.15) is 31.9 Å². The molecule has 0 saturated heterocycles. The number of carboxylic acid groups (broad SMARTS) is 1. The highest BCUT2D eigenvalue weighted by molar-refractivity contribution is 5.74. The van der Waals surface area contributed by atoms with E-state index in [1.165, 1.54) is 0 Å². The Balaban J connectivity index is 2.59. The molecule has 0 radical (unpaired) electrons. The average Bonchev–Trinajstić information content (AvgIpc) is 2.28. The van der Waals surface area contributed by atoms with Crippen LogP contribution in [0.5, 0.6) is 0 Å². The van der Waals surface area contributed by atoms with Gasteiger partial charge in [0, 0.05) is 0 Å². The lowest BCUT2D eigenvalue weighted by molar-refractivity contribution is -0.153. The molecule has 0 heterocycles. The zero-order valence-corrected chi connectivity index (χ0v) is 12.1. The topological polar surface area (TPSA) is 89.6 Å². The van der Waals surface area contributed by atoms with Gasteiger partial charge in [-0.2, -0.15) is 0 Å². The van der Waals surface area contributed by atoms with Crippen molar-refractivity contribution < 1.29 is 19.4 Å². The number of carbonyl (C=O) groups is 2. The molecule has 0 spiro atoms. The van der Waals surface area contributed by atoms with E-state index < -0.39 is 17.6 Å². The third kappa shape index (κ3) is 5.84. The monoisotopic (exact) mass is 279 g/mol. The summed E-state index contributed by atoms with van der Waals surface area (Å²) in [6.07, 6.45) is 0.463. The highest BCUT2D eigenvalue weighted by Crippen LogP contribution is 2.11.